The quantitative estimate of drug-likeness (QED) is 0.114. The first-order valence-corrected chi connectivity index (χ1v) is 24.0. The van der Waals surface area contributed by atoms with E-state index in [1.165, 1.54) is 0 Å². The first-order valence-electron chi connectivity index (χ1n) is 24.0. The monoisotopic (exact) mass is 913 g/mol. The van der Waals surface area contributed by atoms with Crippen molar-refractivity contribution in [3.8, 4) is 0 Å². The van der Waals surface area contributed by atoms with Gasteiger partial charge in [0.2, 0.25) is 0 Å². The molecule has 4 saturated heterocycles. The zero-order valence-corrected chi connectivity index (χ0v) is 38.4. The lowest BCUT2D eigenvalue weighted by molar-refractivity contribution is -0.395. The first kappa shape index (κ1) is 48.1. The Morgan fingerprint density at radius 3 is 1.91 bits per heavy atom. The SMILES string of the molecule is C[C@H]1[C@H](C)CC[C@]23CO[C@@]4(C=C[C@@H]5[C@@]6(C)CC[C@H](O[C@@H]7O[C@H](CO)[C@@H](O)[C@H](O)[C@H]7O[C@@H]7O[C@H](CO)[C@@H](O)[C@H](O)[C@H]7O[C@@H]7OC[C@@H](O)[C@H](O)[C@H]7O)C(C)(C)[C@@H]6CC[C@@]5(C)C4(C)C[C@H]2O)[C@H]13. The van der Waals surface area contributed by atoms with Gasteiger partial charge < -0.3 is 84.2 Å². The molecule has 26 atom stereocenters. The van der Waals surface area contributed by atoms with Crippen molar-refractivity contribution in [2.75, 3.05) is 26.4 Å². The summed E-state index contributed by atoms with van der Waals surface area (Å²) in [5.41, 5.74) is -1.86. The highest BCUT2D eigenvalue weighted by atomic mass is 16.8. The number of ether oxygens (including phenoxy) is 7. The summed E-state index contributed by atoms with van der Waals surface area (Å²) >= 11 is 0. The molecular formula is C47H76O17. The van der Waals surface area contributed by atoms with E-state index in [2.05, 4.69) is 60.6 Å². The molecule has 5 aliphatic carbocycles. The maximum absolute atomic E-state index is 12.3. The zero-order chi connectivity index (χ0) is 46.3. The number of aliphatic hydroxyl groups excluding tert-OH is 10. The maximum atomic E-state index is 12.3. The molecule has 17 heteroatoms. The van der Waals surface area contributed by atoms with Crippen molar-refractivity contribution >= 4 is 0 Å². The van der Waals surface area contributed by atoms with E-state index in [0.29, 0.717) is 31.3 Å². The van der Waals surface area contributed by atoms with E-state index in [1.807, 2.05) is 0 Å². The van der Waals surface area contributed by atoms with Crippen LogP contribution in [0.4, 0.5) is 0 Å². The number of hydrogen-bond acceptors (Lipinski definition) is 17. The van der Waals surface area contributed by atoms with Crippen molar-refractivity contribution in [1.82, 2.24) is 0 Å². The van der Waals surface area contributed by atoms with Gasteiger partial charge in [-0.15, -0.1) is 0 Å². The standard InChI is InChI=1S/C47H76O17/c1-21-8-14-46-20-59-47(38(46)22(21)2)15-10-27-43(5)12-11-29(42(3,4)26(43)9-13-44(27,6)45(47,7)16-28(46)51)62-40-36(33(55)31(53)24(17-48)60-40)64-41-37(34(56)32(54)25(18-49)61-41)63-39-35(57)30(52)23(50)19-58-39/h10,15,21-41,48-57H,8-9,11-14,16-20H2,1-7H3/t21-,22+,23-,24-,25-,26+,27-,28-,29+,30+,31-,32-,33+,34+,35-,36-,37-,38-,39+,40+,41+,43+,44-,45?,46+,47+/m1/s1. The third-order valence-electron chi connectivity index (χ3n) is 19.9. The molecule has 10 N–H and O–H groups in total. The minimum absolute atomic E-state index is 0.147. The van der Waals surface area contributed by atoms with Crippen LogP contribution < -0.4 is 0 Å². The van der Waals surface area contributed by atoms with E-state index < -0.39 is 129 Å². The molecule has 17 nitrogen and oxygen atoms in total. The Morgan fingerprint density at radius 1 is 0.672 bits per heavy atom. The van der Waals surface area contributed by atoms with E-state index >= 15 is 0 Å². The molecule has 8 fully saturated rings. The summed E-state index contributed by atoms with van der Waals surface area (Å²) in [5.74, 6) is 1.51. The second kappa shape index (κ2) is 16.6. The summed E-state index contributed by atoms with van der Waals surface area (Å²) in [7, 11) is 0. The van der Waals surface area contributed by atoms with Gasteiger partial charge >= 0.3 is 0 Å². The van der Waals surface area contributed by atoms with Crippen LogP contribution in [0, 0.1) is 56.7 Å². The van der Waals surface area contributed by atoms with Crippen molar-refractivity contribution in [2.24, 2.45) is 56.7 Å². The molecule has 366 valence electrons. The number of rotatable bonds is 8. The topological polar surface area (TPSA) is 267 Å². The Morgan fingerprint density at radius 2 is 1.28 bits per heavy atom. The fraction of sp³-hybridized carbons (Fsp3) is 0.957. The first-order chi connectivity index (χ1) is 30.1. The van der Waals surface area contributed by atoms with Crippen LogP contribution in [0.15, 0.2) is 12.2 Å². The minimum atomic E-state index is -1.82. The van der Waals surface area contributed by atoms with Crippen LogP contribution in [0.2, 0.25) is 0 Å². The van der Waals surface area contributed by atoms with Gasteiger partial charge in [0.25, 0.3) is 0 Å². The molecule has 2 bridgehead atoms. The summed E-state index contributed by atoms with van der Waals surface area (Å²) in [4.78, 5) is 0. The largest absolute Gasteiger partial charge is 0.394 e. The highest BCUT2D eigenvalue weighted by molar-refractivity contribution is 5.36. The van der Waals surface area contributed by atoms with Gasteiger partial charge in [0.1, 0.15) is 67.1 Å². The normalized spacial score (nSPS) is 59.0. The van der Waals surface area contributed by atoms with Crippen LogP contribution in [0.5, 0.6) is 0 Å². The Kier molecular flexibility index (Phi) is 12.5. The van der Waals surface area contributed by atoms with Gasteiger partial charge in [0.05, 0.1) is 44.2 Å². The molecule has 0 aromatic rings. The number of hydrogen-bond donors (Lipinski definition) is 10. The van der Waals surface area contributed by atoms with Crippen LogP contribution in [0.1, 0.15) is 93.4 Å². The summed E-state index contributed by atoms with van der Waals surface area (Å²) in [6, 6.07) is 0. The van der Waals surface area contributed by atoms with Crippen LogP contribution in [-0.4, -0.2) is 181 Å². The Balaban J connectivity index is 0.986. The Bertz CT molecular complexity index is 1740. The lowest BCUT2D eigenvalue weighted by Crippen LogP contribution is -2.73. The van der Waals surface area contributed by atoms with Gasteiger partial charge in [-0.25, -0.2) is 0 Å². The van der Waals surface area contributed by atoms with Crippen LogP contribution in [-0.2, 0) is 33.2 Å². The van der Waals surface area contributed by atoms with E-state index in [1.54, 1.807) is 0 Å². The Hall–Kier alpha value is -0.940. The fourth-order valence-corrected chi connectivity index (χ4v) is 15.8. The van der Waals surface area contributed by atoms with Gasteiger partial charge in [-0.1, -0.05) is 60.6 Å². The van der Waals surface area contributed by atoms with Crippen molar-refractivity contribution in [2.45, 2.75) is 197 Å². The van der Waals surface area contributed by atoms with Crippen molar-refractivity contribution in [3.05, 3.63) is 12.2 Å². The van der Waals surface area contributed by atoms with Gasteiger partial charge in [-0.2, -0.15) is 0 Å². The van der Waals surface area contributed by atoms with Crippen molar-refractivity contribution in [3.63, 3.8) is 0 Å². The second-order valence-electron chi connectivity index (χ2n) is 22.9. The van der Waals surface area contributed by atoms with E-state index in [4.69, 9.17) is 33.2 Å². The lowest BCUT2D eigenvalue weighted by Gasteiger charge is -2.73. The van der Waals surface area contributed by atoms with Gasteiger partial charge in [0.15, 0.2) is 18.9 Å². The average Bonchev–Trinajstić information content (AvgIpc) is 3.56. The molecule has 4 saturated carbocycles. The molecule has 1 unspecified atom stereocenters. The summed E-state index contributed by atoms with van der Waals surface area (Å²) in [6.07, 6.45) is -12.5. The van der Waals surface area contributed by atoms with E-state index in [0.717, 1.165) is 32.1 Å². The van der Waals surface area contributed by atoms with Crippen LogP contribution in [0.3, 0.4) is 0 Å². The van der Waals surface area contributed by atoms with Gasteiger partial charge in [0, 0.05) is 16.7 Å². The maximum Gasteiger partial charge on any atom is 0.187 e. The summed E-state index contributed by atoms with van der Waals surface area (Å²) in [6.45, 7) is 15.1. The van der Waals surface area contributed by atoms with Crippen molar-refractivity contribution in [1.29, 1.82) is 0 Å². The third-order valence-corrected chi connectivity index (χ3v) is 19.9. The number of fused-ring (bicyclic) bond motifs is 4. The van der Waals surface area contributed by atoms with Crippen molar-refractivity contribution < 1.29 is 84.2 Å². The smallest absolute Gasteiger partial charge is 0.187 e. The van der Waals surface area contributed by atoms with Gasteiger partial charge in [-0.3, -0.25) is 0 Å². The highest BCUT2D eigenvalue weighted by Gasteiger charge is 2.79. The molecule has 1 spiro atoms. The van der Waals surface area contributed by atoms with Gasteiger partial charge in [-0.05, 0) is 84.9 Å². The average molecular weight is 913 g/mol. The molecule has 0 amide bonds. The second-order valence-corrected chi connectivity index (χ2v) is 22.9. The highest BCUT2D eigenvalue weighted by Crippen LogP contribution is 2.79. The number of allylic oxidation sites excluding steroid dienone is 1. The molecule has 9 rings (SSSR count). The summed E-state index contributed by atoms with van der Waals surface area (Å²) < 4.78 is 43.7. The lowest BCUT2D eigenvalue weighted by atomic mass is 9.31. The number of aliphatic hydroxyl groups is 10. The molecule has 0 aromatic heterocycles. The predicted molar refractivity (Wildman–Crippen MR) is 223 cm³/mol. The summed E-state index contributed by atoms with van der Waals surface area (Å²) in [5, 5.41) is 108. The Labute approximate surface area is 376 Å². The molecule has 64 heavy (non-hydrogen) atoms. The molecule has 0 radical (unpaired) electrons. The third kappa shape index (κ3) is 6.65. The molecule has 4 heterocycles. The van der Waals surface area contributed by atoms with Crippen LogP contribution >= 0.6 is 0 Å². The molecule has 4 aliphatic heterocycles. The van der Waals surface area contributed by atoms with Crippen LogP contribution in [0.25, 0.3) is 0 Å². The molecule has 0 aromatic carbocycles. The zero-order valence-electron chi connectivity index (χ0n) is 38.4. The molecular weight excluding hydrogens is 836 g/mol. The van der Waals surface area contributed by atoms with E-state index in [-0.39, 0.29) is 39.4 Å². The minimum Gasteiger partial charge on any atom is -0.394 e. The molecule has 9 aliphatic rings. The predicted octanol–water partition coefficient (Wildman–Crippen LogP) is 0.0961. The van der Waals surface area contributed by atoms with E-state index in [9.17, 15) is 51.1 Å². The fourth-order valence-electron chi connectivity index (χ4n) is 15.8.